The van der Waals surface area contributed by atoms with Crippen LogP contribution in [0.4, 0.5) is 0 Å². The first-order valence-corrected chi connectivity index (χ1v) is 12.7. The summed E-state index contributed by atoms with van der Waals surface area (Å²) in [7, 11) is 1.74. The van der Waals surface area contributed by atoms with Crippen LogP contribution in [0, 0.1) is 25.0 Å². The Morgan fingerprint density at radius 1 is 1.11 bits per heavy atom. The van der Waals surface area contributed by atoms with Gasteiger partial charge in [0.1, 0.15) is 28.8 Å². The minimum atomic E-state index is -1.37. The summed E-state index contributed by atoms with van der Waals surface area (Å²) in [5, 5.41) is 13.2. The highest BCUT2D eigenvalue weighted by Crippen LogP contribution is 2.38. The van der Waals surface area contributed by atoms with Gasteiger partial charge in [-0.3, -0.25) is 9.59 Å². The lowest BCUT2D eigenvalue weighted by atomic mass is 9.84. The normalized spacial score (nSPS) is 17.4. The summed E-state index contributed by atoms with van der Waals surface area (Å²) in [6, 6.07) is 13.3. The number of esters is 2. The molecule has 0 aliphatic carbocycles. The van der Waals surface area contributed by atoms with Crippen molar-refractivity contribution < 1.29 is 33.3 Å². The van der Waals surface area contributed by atoms with Crippen LogP contribution in [-0.4, -0.2) is 35.5 Å². The first kappa shape index (κ1) is 25.6. The van der Waals surface area contributed by atoms with E-state index in [2.05, 4.69) is 6.07 Å². The van der Waals surface area contributed by atoms with Crippen LogP contribution in [0.5, 0.6) is 11.5 Å². The van der Waals surface area contributed by atoms with Crippen LogP contribution >= 0.6 is 0 Å². The predicted octanol–water partition coefficient (Wildman–Crippen LogP) is 3.42. The van der Waals surface area contributed by atoms with Crippen molar-refractivity contribution in [1.82, 2.24) is 4.57 Å². The number of ether oxygens (including phenoxy) is 4. The SMILES string of the molecule is Cc1c(C)[n+]([O-])c(C(c2ccc(OCCc3ccc4c(c3)CCO4)cc2)C2C(=O)OC(C)(C)OC2=O)n1C. The van der Waals surface area contributed by atoms with Crippen LogP contribution in [0.25, 0.3) is 0 Å². The molecule has 9 heteroatoms. The molecular formula is C29H32N2O7. The fourth-order valence-electron chi connectivity index (χ4n) is 5.15. The van der Waals surface area contributed by atoms with Crippen LogP contribution < -0.4 is 14.2 Å². The number of carbonyl (C=O) groups is 2. The highest BCUT2D eigenvalue weighted by molar-refractivity contribution is 5.98. The second-order valence-corrected chi connectivity index (χ2v) is 10.3. The Balaban J connectivity index is 1.39. The van der Waals surface area contributed by atoms with Crippen molar-refractivity contribution >= 4 is 11.9 Å². The molecule has 38 heavy (non-hydrogen) atoms. The van der Waals surface area contributed by atoms with Gasteiger partial charge in [-0.1, -0.05) is 24.3 Å². The van der Waals surface area contributed by atoms with E-state index < -0.39 is 29.6 Å². The molecule has 2 aromatic carbocycles. The van der Waals surface area contributed by atoms with Gasteiger partial charge in [0.15, 0.2) is 5.92 Å². The number of rotatable bonds is 7. The van der Waals surface area contributed by atoms with E-state index in [1.807, 2.05) is 19.1 Å². The third kappa shape index (κ3) is 4.68. The molecule has 3 heterocycles. The van der Waals surface area contributed by atoms with E-state index in [4.69, 9.17) is 18.9 Å². The standard InChI is InChI=1S/C29H32N2O7/c1-17-18(2)31(34)26(30(17)5)24(25-27(32)37-29(3,4)38-28(25)33)20-7-9-22(10-8-20)35-14-12-19-6-11-23-21(16-19)13-15-36-23/h6-11,16,24-25H,12-15H2,1-5H3. The monoisotopic (exact) mass is 520 g/mol. The van der Waals surface area contributed by atoms with Crippen LogP contribution in [0.3, 0.4) is 0 Å². The van der Waals surface area contributed by atoms with Gasteiger partial charge >= 0.3 is 11.9 Å². The highest BCUT2D eigenvalue weighted by Gasteiger charge is 2.51. The summed E-state index contributed by atoms with van der Waals surface area (Å²) in [4.78, 5) is 26.1. The van der Waals surface area contributed by atoms with E-state index in [0.717, 1.165) is 35.6 Å². The Kier molecular flexibility index (Phi) is 6.54. The van der Waals surface area contributed by atoms with Gasteiger partial charge in [0.05, 0.1) is 20.3 Å². The summed E-state index contributed by atoms with van der Waals surface area (Å²) in [5.41, 5.74) is 4.22. The van der Waals surface area contributed by atoms with Crippen LogP contribution in [-0.2, 0) is 39.0 Å². The summed E-state index contributed by atoms with van der Waals surface area (Å²) < 4.78 is 24.8. The Morgan fingerprint density at radius 3 is 2.42 bits per heavy atom. The zero-order valence-corrected chi connectivity index (χ0v) is 22.3. The maximum Gasteiger partial charge on any atom is 0.324 e. The third-order valence-electron chi connectivity index (χ3n) is 7.35. The van der Waals surface area contributed by atoms with E-state index in [0.29, 0.717) is 23.6 Å². The van der Waals surface area contributed by atoms with Gasteiger partial charge < -0.3 is 24.2 Å². The number of carbonyl (C=O) groups excluding carboxylic acids is 2. The molecule has 0 bridgehead atoms. The quantitative estimate of drug-likeness (QED) is 0.204. The maximum atomic E-state index is 13.2. The summed E-state index contributed by atoms with van der Waals surface area (Å²) in [5.74, 6) is -3.21. The summed E-state index contributed by atoms with van der Waals surface area (Å²) >= 11 is 0. The van der Waals surface area contributed by atoms with Crippen LogP contribution in [0.15, 0.2) is 42.5 Å². The molecule has 1 saturated heterocycles. The number of nitrogens with zero attached hydrogens (tertiary/aromatic N) is 2. The predicted molar refractivity (Wildman–Crippen MR) is 137 cm³/mol. The average molecular weight is 521 g/mol. The molecule has 9 nitrogen and oxygen atoms in total. The van der Waals surface area contributed by atoms with E-state index in [9.17, 15) is 14.8 Å². The molecule has 0 saturated carbocycles. The van der Waals surface area contributed by atoms with E-state index in [-0.39, 0.29) is 5.82 Å². The Hall–Kier alpha value is -4.01. The molecule has 5 rings (SSSR count). The van der Waals surface area contributed by atoms with Crippen LogP contribution in [0.1, 0.15) is 53.7 Å². The lowest BCUT2D eigenvalue weighted by Crippen LogP contribution is -2.50. The van der Waals surface area contributed by atoms with Gasteiger partial charge in [0, 0.05) is 40.5 Å². The maximum absolute atomic E-state index is 13.2. The van der Waals surface area contributed by atoms with Crippen molar-refractivity contribution in [2.24, 2.45) is 13.0 Å². The first-order chi connectivity index (χ1) is 18.1. The largest absolute Gasteiger partial charge is 0.711 e. The number of hydrogen-bond donors (Lipinski definition) is 0. The number of imidazole rings is 1. The van der Waals surface area contributed by atoms with Gasteiger partial charge in [-0.2, -0.15) is 0 Å². The summed E-state index contributed by atoms with van der Waals surface area (Å²) in [6.07, 6.45) is 1.67. The molecule has 0 spiro atoms. The van der Waals surface area contributed by atoms with Gasteiger partial charge in [-0.05, 0) is 34.9 Å². The third-order valence-corrected chi connectivity index (χ3v) is 7.35. The smallest absolute Gasteiger partial charge is 0.324 e. The second-order valence-electron chi connectivity index (χ2n) is 10.3. The minimum Gasteiger partial charge on any atom is -0.711 e. The average Bonchev–Trinajstić information content (AvgIpc) is 3.40. The molecule has 1 unspecified atom stereocenters. The van der Waals surface area contributed by atoms with Crippen molar-refractivity contribution in [2.45, 2.75) is 52.2 Å². The Labute approximate surface area is 221 Å². The van der Waals surface area contributed by atoms with Crippen molar-refractivity contribution in [1.29, 1.82) is 0 Å². The molecule has 0 amide bonds. The fourth-order valence-corrected chi connectivity index (χ4v) is 5.15. The van der Waals surface area contributed by atoms with Crippen molar-refractivity contribution in [3.63, 3.8) is 0 Å². The van der Waals surface area contributed by atoms with Gasteiger partial charge in [0.2, 0.25) is 0 Å². The molecule has 2 aliphatic heterocycles. The number of aromatic nitrogens is 2. The molecule has 0 N–H and O–H groups in total. The Morgan fingerprint density at radius 2 is 1.79 bits per heavy atom. The lowest BCUT2D eigenvalue weighted by molar-refractivity contribution is -0.621. The lowest BCUT2D eigenvalue weighted by Gasteiger charge is -2.35. The molecule has 0 radical (unpaired) electrons. The molecular weight excluding hydrogens is 488 g/mol. The Bertz CT molecular complexity index is 1350. The summed E-state index contributed by atoms with van der Waals surface area (Å²) in [6.45, 7) is 7.73. The van der Waals surface area contributed by atoms with Gasteiger partial charge in [0.25, 0.3) is 11.6 Å². The second kappa shape index (κ2) is 9.70. The molecule has 3 aromatic rings. The minimum absolute atomic E-state index is 0.257. The van der Waals surface area contributed by atoms with Crippen LogP contribution in [0.2, 0.25) is 0 Å². The fraction of sp³-hybridized carbons (Fsp3) is 0.414. The van der Waals surface area contributed by atoms with Crippen molar-refractivity contribution in [2.75, 3.05) is 13.2 Å². The van der Waals surface area contributed by atoms with E-state index in [1.165, 1.54) is 25.0 Å². The topological polar surface area (TPSA) is 103 Å². The van der Waals surface area contributed by atoms with E-state index in [1.54, 1.807) is 42.8 Å². The number of hydrogen-bond acceptors (Lipinski definition) is 7. The molecule has 200 valence electrons. The van der Waals surface area contributed by atoms with Gasteiger partial charge in [-0.15, -0.1) is 0 Å². The zero-order valence-electron chi connectivity index (χ0n) is 22.3. The highest BCUT2D eigenvalue weighted by atomic mass is 16.7. The van der Waals surface area contributed by atoms with Gasteiger partial charge in [-0.25, -0.2) is 9.30 Å². The van der Waals surface area contributed by atoms with Crippen molar-refractivity contribution in [3.05, 3.63) is 81.6 Å². The first-order valence-electron chi connectivity index (χ1n) is 12.7. The molecule has 1 atom stereocenters. The molecule has 2 aliphatic rings. The number of cyclic esters (lactones) is 2. The number of benzene rings is 2. The number of fused-ring (bicyclic) bond motifs is 1. The van der Waals surface area contributed by atoms with E-state index >= 15 is 0 Å². The zero-order chi connectivity index (χ0) is 27.2. The molecule has 1 fully saturated rings. The van der Waals surface area contributed by atoms with Crippen molar-refractivity contribution in [3.8, 4) is 11.5 Å². The molecule has 1 aromatic heterocycles.